The zero-order valence-electron chi connectivity index (χ0n) is 13.4. The van der Waals surface area contributed by atoms with Crippen LogP contribution >= 0.6 is 0 Å². The van der Waals surface area contributed by atoms with E-state index < -0.39 is 28.1 Å². The molecule has 1 aromatic heterocycles. The van der Waals surface area contributed by atoms with Crippen molar-refractivity contribution >= 4 is 34.5 Å². The quantitative estimate of drug-likeness (QED) is 0.439. The number of halogens is 1. The Morgan fingerprint density at radius 3 is 2.81 bits per heavy atom. The van der Waals surface area contributed by atoms with E-state index in [9.17, 15) is 24.1 Å². The second kappa shape index (κ2) is 6.63. The minimum Gasteiger partial charge on any atom is -0.408 e. The number of carbonyl (C=O) groups is 1. The molecule has 0 unspecified atom stereocenters. The number of benzene rings is 2. The van der Waals surface area contributed by atoms with E-state index in [0.29, 0.717) is 16.8 Å². The number of oxazole rings is 1. The smallest absolute Gasteiger partial charge is 0.408 e. The number of rotatable bonds is 4. The van der Waals surface area contributed by atoms with Gasteiger partial charge in [0.05, 0.1) is 22.1 Å². The number of hydrogen-bond donors (Lipinski definition) is 1. The highest BCUT2D eigenvalue weighted by atomic mass is 19.1. The molecule has 0 saturated carbocycles. The highest BCUT2D eigenvalue weighted by molar-refractivity contribution is 6.02. The van der Waals surface area contributed by atoms with Gasteiger partial charge in [-0.1, -0.05) is 0 Å². The average Bonchev–Trinajstić information content (AvgIpc) is 2.87. The van der Waals surface area contributed by atoms with Crippen LogP contribution in [0.25, 0.3) is 17.2 Å². The molecular formula is C17H12FN3O5. The first kappa shape index (κ1) is 17.1. The summed E-state index contributed by atoms with van der Waals surface area (Å²) in [7, 11) is 1.56. The van der Waals surface area contributed by atoms with Crippen LogP contribution in [0.15, 0.2) is 51.7 Å². The van der Waals surface area contributed by atoms with Gasteiger partial charge in [0.2, 0.25) is 5.91 Å². The van der Waals surface area contributed by atoms with Gasteiger partial charge < -0.3 is 9.73 Å². The van der Waals surface area contributed by atoms with Gasteiger partial charge in [0.1, 0.15) is 5.82 Å². The molecule has 0 aliphatic heterocycles. The minimum atomic E-state index is -0.740. The van der Waals surface area contributed by atoms with E-state index in [4.69, 9.17) is 4.42 Å². The average molecular weight is 357 g/mol. The molecule has 3 aromatic rings. The molecule has 0 atom stereocenters. The Hall–Kier alpha value is -3.75. The van der Waals surface area contributed by atoms with Gasteiger partial charge in [0.15, 0.2) is 5.58 Å². The van der Waals surface area contributed by atoms with Crippen LogP contribution in [0.1, 0.15) is 5.56 Å². The van der Waals surface area contributed by atoms with Crippen molar-refractivity contribution in [3.8, 4) is 0 Å². The van der Waals surface area contributed by atoms with Crippen LogP contribution in [0, 0.1) is 15.9 Å². The monoisotopic (exact) mass is 357 g/mol. The van der Waals surface area contributed by atoms with E-state index in [2.05, 4.69) is 5.32 Å². The number of aromatic nitrogens is 1. The summed E-state index contributed by atoms with van der Waals surface area (Å²) in [6.07, 6.45) is 2.31. The number of nitrogens with zero attached hydrogens (tertiary/aromatic N) is 2. The van der Waals surface area contributed by atoms with Crippen molar-refractivity contribution in [2.24, 2.45) is 7.05 Å². The number of anilines is 1. The number of hydrogen-bond acceptors (Lipinski definition) is 5. The van der Waals surface area contributed by atoms with E-state index in [0.717, 1.165) is 18.2 Å². The predicted octanol–water partition coefficient (Wildman–Crippen LogP) is 2.83. The molecule has 132 valence electrons. The predicted molar refractivity (Wildman–Crippen MR) is 92.2 cm³/mol. The molecule has 0 aliphatic rings. The number of nitrogens with one attached hydrogen (secondary N) is 1. The number of amides is 1. The van der Waals surface area contributed by atoms with Gasteiger partial charge in [-0.3, -0.25) is 19.5 Å². The molecule has 1 heterocycles. The molecule has 26 heavy (non-hydrogen) atoms. The number of carbonyl (C=O) groups excluding carboxylic acids is 1. The molecule has 2 aromatic carbocycles. The minimum absolute atomic E-state index is 0.0936. The SMILES string of the molecule is Cn1c(=O)oc2cc(NC(=O)/C=C/c3ccc(F)cc3[N+](=O)[O-])ccc21. The van der Waals surface area contributed by atoms with Crippen LogP contribution in [0.2, 0.25) is 0 Å². The number of fused-ring (bicyclic) bond motifs is 1. The van der Waals surface area contributed by atoms with Crippen LogP contribution in [0.3, 0.4) is 0 Å². The highest BCUT2D eigenvalue weighted by Gasteiger charge is 2.13. The Kier molecular flexibility index (Phi) is 4.36. The Balaban J connectivity index is 1.80. The number of nitro benzene ring substituents is 1. The molecule has 0 saturated heterocycles. The van der Waals surface area contributed by atoms with Crippen molar-refractivity contribution in [2.45, 2.75) is 0 Å². The summed E-state index contributed by atoms with van der Waals surface area (Å²) in [4.78, 5) is 33.7. The van der Waals surface area contributed by atoms with Gasteiger partial charge in [-0.25, -0.2) is 9.18 Å². The summed E-state index contributed by atoms with van der Waals surface area (Å²) >= 11 is 0. The normalized spacial score (nSPS) is 11.2. The molecule has 1 N–H and O–H groups in total. The second-order valence-electron chi connectivity index (χ2n) is 5.39. The molecule has 0 aliphatic carbocycles. The number of nitro groups is 1. The van der Waals surface area contributed by atoms with Gasteiger partial charge in [-0.05, 0) is 30.3 Å². The molecular weight excluding hydrogens is 345 g/mol. The lowest BCUT2D eigenvalue weighted by atomic mass is 10.1. The summed E-state index contributed by atoms with van der Waals surface area (Å²) in [6.45, 7) is 0. The zero-order valence-corrected chi connectivity index (χ0v) is 13.4. The topological polar surface area (TPSA) is 107 Å². The maximum atomic E-state index is 13.1. The van der Waals surface area contributed by atoms with E-state index in [-0.39, 0.29) is 5.56 Å². The molecule has 8 nitrogen and oxygen atoms in total. The third-order valence-electron chi connectivity index (χ3n) is 3.66. The molecule has 3 rings (SSSR count). The Morgan fingerprint density at radius 2 is 2.08 bits per heavy atom. The lowest BCUT2D eigenvalue weighted by Gasteiger charge is -2.02. The van der Waals surface area contributed by atoms with Crippen LogP contribution in [0.4, 0.5) is 15.8 Å². The molecule has 0 radical (unpaired) electrons. The lowest BCUT2D eigenvalue weighted by Crippen LogP contribution is -2.08. The Morgan fingerprint density at radius 1 is 1.31 bits per heavy atom. The molecule has 0 bridgehead atoms. The first-order chi connectivity index (χ1) is 12.3. The van der Waals surface area contributed by atoms with Gasteiger partial charge in [0.25, 0.3) is 5.69 Å². The lowest BCUT2D eigenvalue weighted by molar-refractivity contribution is -0.385. The maximum absolute atomic E-state index is 13.1. The standard InChI is InChI=1S/C17H12FN3O5/c1-20-13-6-5-12(9-15(13)26-17(20)23)19-16(22)7-3-10-2-4-11(18)8-14(10)21(24)25/h2-9H,1H3,(H,19,22)/b7-3+. The van der Waals surface area contributed by atoms with E-state index in [1.165, 1.54) is 22.8 Å². The van der Waals surface area contributed by atoms with Crippen molar-refractivity contribution in [2.75, 3.05) is 5.32 Å². The fraction of sp³-hybridized carbons (Fsp3) is 0.0588. The highest BCUT2D eigenvalue weighted by Crippen LogP contribution is 2.21. The third kappa shape index (κ3) is 3.36. The first-order valence-electron chi connectivity index (χ1n) is 7.38. The summed E-state index contributed by atoms with van der Waals surface area (Å²) in [5, 5.41) is 13.5. The number of aryl methyl sites for hydroxylation is 1. The molecule has 0 spiro atoms. The molecule has 0 fully saturated rings. The van der Waals surface area contributed by atoms with E-state index in [1.54, 1.807) is 19.2 Å². The molecule has 9 heteroatoms. The van der Waals surface area contributed by atoms with Crippen LogP contribution in [0.5, 0.6) is 0 Å². The van der Waals surface area contributed by atoms with Crippen molar-refractivity contribution in [1.82, 2.24) is 4.57 Å². The van der Waals surface area contributed by atoms with Gasteiger partial charge in [0, 0.05) is 24.9 Å². The summed E-state index contributed by atoms with van der Waals surface area (Å²) in [5.74, 6) is -1.82. The summed E-state index contributed by atoms with van der Waals surface area (Å²) in [5.41, 5.74) is 0.923. The Labute approximate surface area is 145 Å². The van der Waals surface area contributed by atoms with Gasteiger partial charge >= 0.3 is 5.76 Å². The van der Waals surface area contributed by atoms with Crippen LogP contribution in [-0.4, -0.2) is 15.4 Å². The summed E-state index contributed by atoms with van der Waals surface area (Å²) < 4.78 is 19.5. The van der Waals surface area contributed by atoms with Gasteiger partial charge in [-0.15, -0.1) is 0 Å². The Bertz CT molecular complexity index is 1110. The van der Waals surface area contributed by atoms with Crippen molar-refractivity contribution in [3.05, 3.63) is 74.5 Å². The summed E-state index contributed by atoms with van der Waals surface area (Å²) in [6, 6.07) is 7.75. The first-order valence-corrected chi connectivity index (χ1v) is 7.38. The van der Waals surface area contributed by atoms with E-state index in [1.807, 2.05) is 0 Å². The van der Waals surface area contributed by atoms with Crippen LogP contribution < -0.4 is 11.1 Å². The second-order valence-corrected chi connectivity index (χ2v) is 5.39. The molecule has 1 amide bonds. The van der Waals surface area contributed by atoms with Crippen molar-refractivity contribution in [1.29, 1.82) is 0 Å². The fourth-order valence-electron chi connectivity index (χ4n) is 2.38. The third-order valence-corrected chi connectivity index (χ3v) is 3.66. The largest absolute Gasteiger partial charge is 0.419 e. The van der Waals surface area contributed by atoms with Crippen LogP contribution in [-0.2, 0) is 11.8 Å². The fourth-order valence-corrected chi connectivity index (χ4v) is 2.38. The maximum Gasteiger partial charge on any atom is 0.419 e. The zero-order chi connectivity index (χ0) is 18.8. The van der Waals surface area contributed by atoms with Gasteiger partial charge in [-0.2, -0.15) is 0 Å². The van der Waals surface area contributed by atoms with E-state index >= 15 is 0 Å². The van der Waals surface area contributed by atoms with Crippen molar-refractivity contribution in [3.63, 3.8) is 0 Å². The van der Waals surface area contributed by atoms with Crippen molar-refractivity contribution < 1.29 is 18.5 Å².